The topological polar surface area (TPSA) is 78.4 Å². The number of piperidine rings is 1. The van der Waals surface area contributed by atoms with Gasteiger partial charge in [-0.05, 0) is 50.3 Å². The van der Waals surface area contributed by atoms with E-state index >= 15 is 0 Å². The van der Waals surface area contributed by atoms with Gasteiger partial charge in [0.25, 0.3) is 11.1 Å². The monoisotopic (exact) mass is 333 g/mol. The van der Waals surface area contributed by atoms with Gasteiger partial charge in [0.05, 0.1) is 10.6 Å². The first-order valence-corrected chi connectivity index (χ1v) is 8.34. The highest BCUT2D eigenvalue weighted by Crippen LogP contribution is 2.25. The molecule has 1 N–H and O–H groups in total. The van der Waals surface area contributed by atoms with Gasteiger partial charge in [-0.2, -0.15) is 0 Å². The molecule has 0 saturated carbocycles. The molecule has 2 amide bonds. The van der Waals surface area contributed by atoms with Gasteiger partial charge in [0.2, 0.25) is 5.95 Å². The maximum Gasteiger partial charge on any atom is 0.290 e. The third kappa shape index (κ3) is 3.70. The van der Waals surface area contributed by atoms with E-state index in [0.717, 1.165) is 37.7 Å². The van der Waals surface area contributed by atoms with Crippen molar-refractivity contribution >= 4 is 34.9 Å². The molecule has 1 unspecified atom stereocenters. The summed E-state index contributed by atoms with van der Waals surface area (Å²) in [6, 6.07) is 2.11. The zero-order chi connectivity index (χ0) is 16.4. The standard InChI is InChI=1S/C15H19N5O2S/c1-19-7-3-4-11(9-19)20(2)14-16-6-5-10(17-14)8-12-13(21)18-15(22)23-12/h5-6,8,11H,3-4,7,9H2,1-2H3,(H,18,21,22)/b12-8+. The maximum absolute atomic E-state index is 11.6. The van der Waals surface area contributed by atoms with Crippen molar-refractivity contribution in [3.8, 4) is 0 Å². The third-order valence-corrected chi connectivity index (χ3v) is 4.86. The summed E-state index contributed by atoms with van der Waals surface area (Å²) < 4.78 is 0. The summed E-state index contributed by atoms with van der Waals surface area (Å²) >= 11 is 0.892. The first kappa shape index (κ1) is 15.9. The number of thioether (sulfide) groups is 1. The van der Waals surface area contributed by atoms with Crippen LogP contribution >= 0.6 is 11.8 Å². The summed E-state index contributed by atoms with van der Waals surface area (Å²) in [7, 11) is 4.12. The molecule has 0 spiro atoms. The molecule has 1 aromatic rings. The average Bonchev–Trinajstić information content (AvgIpc) is 2.84. The van der Waals surface area contributed by atoms with Gasteiger partial charge in [0.1, 0.15) is 0 Å². The van der Waals surface area contributed by atoms with Crippen molar-refractivity contribution in [1.29, 1.82) is 0 Å². The van der Waals surface area contributed by atoms with E-state index in [1.54, 1.807) is 18.3 Å². The van der Waals surface area contributed by atoms with Crippen LogP contribution in [-0.2, 0) is 4.79 Å². The summed E-state index contributed by atoms with van der Waals surface area (Å²) in [4.78, 5) is 36.4. The first-order valence-electron chi connectivity index (χ1n) is 7.52. The number of hydrogen-bond acceptors (Lipinski definition) is 7. The van der Waals surface area contributed by atoms with Crippen LogP contribution in [0.1, 0.15) is 18.5 Å². The van der Waals surface area contributed by atoms with Crippen LogP contribution in [0.2, 0.25) is 0 Å². The van der Waals surface area contributed by atoms with Crippen molar-refractivity contribution in [3.63, 3.8) is 0 Å². The maximum atomic E-state index is 11.6. The van der Waals surface area contributed by atoms with E-state index in [2.05, 4.69) is 32.1 Å². The number of likely N-dealkylation sites (N-methyl/N-ethyl adjacent to an activating group) is 2. The normalized spacial score (nSPS) is 24.1. The van der Waals surface area contributed by atoms with Gasteiger partial charge < -0.3 is 9.80 Å². The smallest absolute Gasteiger partial charge is 0.290 e. The quantitative estimate of drug-likeness (QED) is 0.836. The number of nitrogens with one attached hydrogen (secondary N) is 1. The number of nitrogens with zero attached hydrogens (tertiary/aromatic N) is 4. The number of rotatable bonds is 3. The fraction of sp³-hybridized carbons (Fsp3) is 0.467. The second kappa shape index (κ2) is 6.67. The fourth-order valence-electron chi connectivity index (χ4n) is 2.79. The molecule has 3 rings (SSSR count). The van der Waals surface area contributed by atoms with E-state index in [1.165, 1.54) is 0 Å². The van der Waals surface area contributed by atoms with E-state index in [4.69, 9.17) is 0 Å². The number of anilines is 1. The Morgan fingerprint density at radius 3 is 3.00 bits per heavy atom. The number of carbonyl (C=O) groups excluding carboxylic acids is 2. The van der Waals surface area contributed by atoms with E-state index in [1.807, 2.05) is 7.05 Å². The molecule has 7 nitrogen and oxygen atoms in total. The van der Waals surface area contributed by atoms with Gasteiger partial charge in [-0.3, -0.25) is 14.9 Å². The SMILES string of the molecule is CN1CCCC(N(C)c2nccc(/C=C3/SC(=O)NC3=O)n2)C1. The van der Waals surface area contributed by atoms with Gasteiger partial charge in [-0.1, -0.05) is 0 Å². The molecule has 2 fully saturated rings. The molecule has 2 aliphatic heterocycles. The molecule has 122 valence electrons. The Kier molecular flexibility index (Phi) is 4.63. The summed E-state index contributed by atoms with van der Waals surface area (Å²) in [5, 5.41) is 1.89. The molecule has 2 aliphatic rings. The molecular weight excluding hydrogens is 314 g/mol. The first-order chi connectivity index (χ1) is 11.0. The Morgan fingerprint density at radius 1 is 1.48 bits per heavy atom. The van der Waals surface area contributed by atoms with Crippen molar-refractivity contribution in [2.45, 2.75) is 18.9 Å². The van der Waals surface area contributed by atoms with Crippen molar-refractivity contribution < 1.29 is 9.59 Å². The van der Waals surface area contributed by atoms with Crippen molar-refractivity contribution in [3.05, 3.63) is 22.9 Å². The van der Waals surface area contributed by atoms with Crippen LogP contribution in [0.5, 0.6) is 0 Å². The highest BCUT2D eigenvalue weighted by Gasteiger charge is 2.26. The molecule has 0 aromatic carbocycles. The molecule has 8 heteroatoms. The number of amides is 2. The number of carbonyl (C=O) groups is 2. The van der Waals surface area contributed by atoms with Crippen molar-refractivity contribution in [2.75, 3.05) is 32.1 Å². The lowest BCUT2D eigenvalue weighted by Crippen LogP contribution is -2.45. The van der Waals surface area contributed by atoms with E-state index in [-0.39, 0.29) is 11.1 Å². The predicted octanol–water partition coefficient (Wildman–Crippen LogP) is 1.33. The van der Waals surface area contributed by atoms with Gasteiger partial charge in [-0.25, -0.2) is 9.97 Å². The van der Waals surface area contributed by atoms with Gasteiger partial charge >= 0.3 is 0 Å². The van der Waals surface area contributed by atoms with Gasteiger partial charge in [0.15, 0.2) is 0 Å². The Bertz CT molecular complexity index is 663. The second-order valence-corrected chi connectivity index (χ2v) is 6.82. The number of aromatic nitrogens is 2. The van der Waals surface area contributed by atoms with Crippen LogP contribution in [0.15, 0.2) is 17.2 Å². The second-order valence-electron chi connectivity index (χ2n) is 5.80. The Balaban J connectivity index is 1.78. The number of likely N-dealkylation sites (tertiary alicyclic amines) is 1. The zero-order valence-electron chi connectivity index (χ0n) is 13.2. The van der Waals surface area contributed by atoms with Crippen molar-refractivity contribution in [1.82, 2.24) is 20.2 Å². The lowest BCUT2D eigenvalue weighted by Gasteiger charge is -2.35. The lowest BCUT2D eigenvalue weighted by molar-refractivity contribution is -0.115. The predicted molar refractivity (Wildman–Crippen MR) is 90.1 cm³/mol. The highest BCUT2D eigenvalue weighted by molar-refractivity contribution is 8.18. The molecule has 1 atom stereocenters. The van der Waals surface area contributed by atoms with E-state index < -0.39 is 0 Å². The summed E-state index contributed by atoms with van der Waals surface area (Å²) in [6.07, 6.45) is 5.57. The minimum Gasteiger partial charge on any atom is -0.340 e. The van der Waals surface area contributed by atoms with Crippen LogP contribution < -0.4 is 10.2 Å². The minimum atomic E-state index is -0.373. The van der Waals surface area contributed by atoms with E-state index in [9.17, 15) is 9.59 Å². The molecular formula is C15H19N5O2S. The Hall–Kier alpha value is -1.93. The largest absolute Gasteiger partial charge is 0.340 e. The summed E-state index contributed by atoms with van der Waals surface area (Å²) in [6.45, 7) is 2.11. The molecule has 3 heterocycles. The minimum absolute atomic E-state index is 0.349. The molecule has 0 radical (unpaired) electrons. The molecule has 0 aliphatic carbocycles. The van der Waals surface area contributed by atoms with Crippen LogP contribution in [0.25, 0.3) is 6.08 Å². The van der Waals surface area contributed by atoms with Crippen LogP contribution in [0, 0.1) is 0 Å². The molecule has 1 aromatic heterocycles. The molecule has 2 saturated heterocycles. The number of imide groups is 1. The third-order valence-electron chi connectivity index (χ3n) is 4.05. The average molecular weight is 333 g/mol. The molecule has 23 heavy (non-hydrogen) atoms. The fourth-order valence-corrected chi connectivity index (χ4v) is 3.45. The Labute approximate surface area is 139 Å². The lowest BCUT2D eigenvalue weighted by atomic mass is 10.1. The zero-order valence-corrected chi connectivity index (χ0v) is 14.0. The number of hydrogen-bond donors (Lipinski definition) is 1. The van der Waals surface area contributed by atoms with E-state index in [0.29, 0.717) is 22.6 Å². The van der Waals surface area contributed by atoms with Crippen molar-refractivity contribution in [2.24, 2.45) is 0 Å². The van der Waals surface area contributed by atoms with Crippen LogP contribution in [0.3, 0.4) is 0 Å². The van der Waals surface area contributed by atoms with Crippen LogP contribution in [-0.4, -0.2) is 59.2 Å². The van der Waals surface area contributed by atoms with Crippen LogP contribution in [0.4, 0.5) is 10.7 Å². The highest BCUT2D eigenvalue weighted by atomic mass is 32.2. The summed E-state index contributed by atoms with van der Waals surface area (Å²) in [5.74, 6) is 0.261. The van der Waals surface area contributed by atoms with Gasteiger partial charge in [0, 0.05) is 25.8 Å². The summed E-state index contributed by atoms with van der Waals surface area (Å²) in [5.41, 5.74) is 0.623. The van der Waals surface area contributed by atoms with Gasteiger partial charge in [-0.15, -0.1) is 0 Å². The molecule has 0 bridgehead atoms. The Morgan fingerprint density at radius 2 is 2.30 bits per heavy atom.